The zero-order valence-corrected chi connectivity index (χ0v) is 13.1. The molecule has 0 aliphatic carbocycles. The van der Waals surface area contributed by atoms with Gasteiger partial charge in [0.05, 0.1) is 17.5 Å². The van der Waals surface area contributed by atoms with Crippen molar-refractivity contribution in [2.45, 2.75) is 33.6 Å². The van der Waals surface area contributed by atoms with Gasteiger partial charge in [-0.25, -0.2) is 0 Å². The molecule has 0 radical (unpaired) electrons. The van der Waals surface area contributed by atoms with Gasteiger partial charge in [0.2, 0.25) is 11.8 Å². The Kier molecular flexibility index (Phi) is 8.30. The molecule has 0 aromatic heterocycles. The van der Waals surface area contributed by atoms with Crippen molar-refractivity contribution in [1.29, 1.82) is 0 Å². The molecule has 0 heterocycles. The first-order chi connectivity index (χ1) is 8.88. The maximum Gasteiger partial charge on any atom is 0.242 e. The first-order valence-corrected chi connectivity index (χ1v) is 7.11. The number of carbonyl (C=O) groups is 2. The quantitative estimate of drug-likeness (QED) is 0.677. The molecule has 110 valence electrons. The molecule has 0 bridgehead atoms. The second-order valence-corrected chi connectivity index (χ2v) is 4.98. The van der Waals surface area contributed by atoms with Gasteiger partial charge in [0.15, 0.2) is 0 Å². The Bertz CT molecular complexity index is 330. The van der Waals surface area contributed by atoms with Crippen LogP contribution >= 0.6 is 12.2 Å². The standard InChI is InChI=1S/C13H25N3O2S/c1-5-8-10(12(14)19)13(18)15(4)9-11(17)16(6-2)7-3/h10H,5-9H2,1-4H3,(H2,14,19). The lowest BCUT2D eigenvalue weighted by Crippen LogP contribution is -2.45. The molecule has 0 aromatic rings. The van der Waals surface area contributed by atoms with E-state index in [0.29, 0.717) is 19.5 Å². The van der Waals surface area contributed by atoms with Crippen LogP contribution in [0.3, 0.4) is 0 Å². The van der Waals surface area contributed by atoms with Gasteiger partial charge in [-0.3, -0.25) is 9.59 Å². The van der Waals surface area contributed by atoms with Crippen LogP contribution in [0.2, 0.25) is 0 Å². The number of rotatable bonds is 8. The summed E-state index contributed by atoms with van der Waals surface area (Å²) in [5, 5.41) is 0. The molecule has 5 nitrogen and oxygen atoms in total. The summed E-state index contributed by atoms with van der Waals surface area (Å²) in [6.07, 6.45) is 1.45. The Morgan fingerprint density at radius 3 is 2.11 bits per heavy atom. The van der Waals surface area contributed by atoms with Gasteiger partial charge in [-0.1, -0.05) is 25.6 Å². The Balaban J connectivity index is 4.63. The molecule has 0 rings (SSSR count). The second kappa shape index (κ2) is 8.85. The molecule has 0 fully saturated rings. The Morgan fingerprint density at radius 2 is 1.74 bits per heavy atom. The number of hydrogen-bond acceptors (Lipinski definition) is 3. The van der Waals surface area contributed by atoms with E-state index in [9.17, 15) is 9.59 Å². The third-order valence-corrected chi connectivity index (χ3v) is 3.37. The second-order valence-electron chi connectivity index (χ2n) is 4.50. The molecule has 2 N–H and O–H groups in total. The highest BCUT2D eigenvalue weighted by Gasteiger charge is 2.25. The average Bonchev–Trinajstić information content (AvgIpc) is 2.36. The molecular formula is C13H25N3O2S. The Morgan fingerprint density at radius 1 is 1.21 bits per heavy atom. The highest BCUT2D eigenvalue weighted by molar-refractivity contribution is 7.80. The van der Waals surface area contributed by atoms with Gasteiger partial charge in [-0.2, -0.15) is 0 Å². The van der Waals surface area contributed by atoms with E-state index in [1.807, 2.05) is 20.8 Å². The molecule has 0 spiro atoms. The fourth-order valence-corrected chi connectivity index (χ4v) is 2.12. The number of likely N-dealkylation sites (N-methyl/N-ethyl adjacent to an activating group) is 2. The summed E-state index contributed by atoms with van der Waals surface area (Å²) in [6, 6.07) is 0. The fourth-order valence-electron chi connectivity index (χ4n) is 1.90. The van der Waals surface area contributed by atoms with Crippen LogP contribution in [-0.4, -0.2) is 53.3 Å². The molecule has 0 aliphatic rings. The van der Waals surface area contributed by atoms with Gasteiger partial charge in [0.1, 0.15) is 0 Å². The van der Waals surface area contributed by atoms with E-state index in [2.05, 4.69) is 0 Å². The SMILES string of the molecule is CCCC(C(=O)N(C)CC(=O)N(CC)CC)C(N)=S. The van der Waals surface area contributed by atoms with Gasteiger partial charge in [-0.15, -0.1) is 0 Å². The van der Waals surface area contributed by atoms with Crippen LogP contribution in [0.15, 0.2) is 0 Å². The number of nitrogens with zero attached hydrogens (tertiary/aromatic N) is 2. The largest absolute Gasteiger partial charge is 0.393 e. The molecule has 0 saturated carbocycles. The van der Waals surface area contributed by atoms with Crippen molar-refractivity contribution < 1.29 is 9.59 Å². The maximum absolute atomic E-state index is 12.2. The number of carbonyl (C=O) groups excluding carboxylic acids is 2. The van der Waals surface area contributed by atoms with Crippen LogP contribution in [0, 0.1) is 5.92 Å². The molecule has 2 amide bonds. The van der Waals surface area contributed by atoms with Gasteiger partial charge in [0.25, 0.3) is 0 Å². The summed E-state index contributed by atoms with van der Waals surface area (Å²) < 4.78 is 0. The number of amides is 2. The summed E-state index contributed by atoms with van der Waals surface area (Å²) in [4.78, 5) is 27.4. The van der Waals surface area contributed by atoms with E-state index in [4.69, 9.17) is 18.0 Å². The molecule has 0 aliphatic heterocycles. The molecule has 19 heavy (non-hydrogen) atoms. The highest BCUT2D eigenvalue weighted by Crippen LogP contribution is 2.10. The van der Waals surface area contributed by atoms with Crippen molar-refractivity contribution in [3.8, 4) is 0 Å². The smallest absolute Gasteiger partial charge is 0.242 e. The van der Waals surface area contributed by atoms with Crippen molar-refractivity contribution in [1.82, 2.24) is 9.80 Å². The van der Waals surface area contributed by atoms with E-state index < -0.39 is 5.92 Å². The molecule has 1 atom stereocenters. The lowest BCUT2D eigenvalue weighted by atomic mass is 10.0. The zero-order valence-electron chi connectivity index (χ0n) is 12.3. The highest BCUT2D eigenvalue weighted by atomic mass is 32.1. The Labute approximate surface area is 121 Å². The maximum atomic E-state index is 12.2. The lowest BCUT2D eigenvalue weighted by Gasteiger charge is -2.25. The summed E-state index contributed by atoms with van der Waals surface area (Å²) in [5.41, 5.74) is 5.59. The minimum Gasteiger partial charge on any atom is -0.393 e. The average molecular weight is 287 g/mol. The molecule has 0 saturated heterocycles. The van der Waals surface area contributed by atoms with Crippen molar-refractivity contribution in [2.75, 3.05) is 26.7 Å². The van der Waals surface area contributed by atoms with Gasteiger partial charge in [0, 0.05) is 20.1 Å². The number of hydrogen-bond donors (Lipinski definition) is 1. The van der Waals surface area contributed by atoms with E-state index in [1.165, 1.54) is 4.90 Å². The summed E-state index contributed by atoms with van der Waals surface area (Å²) >= 11 is 4.92. The van der Waals surface area contributed by atoms with Gasteiger partial charge < -0.3 is 15.5 Å². The molecule has 6 heteroatoms. The molecule has 1 unspecified atom stereocenters. The summed E-state index contributed by atoms with van der Waals surface area (Å²) in [5.74, 6) is -0.691. The first-order valence-electron chi connectivity index (χ1n) is 6.70. The summed E-state index contributed by atoms with van der Waals surface area (Å²) in [7, 11) is 1.62. The van der Waals surface area contributed by atoms with Crippen LogP contribution in [0.1, 0.15) is 33.6 Å². The predicted molar refractivity (Wildman–Crippen MR) is 80.7 cm³/mol. The van der Waals surface area contributed by atoms with Crippen LogP contribution in [0.4, 0.5) is 0 Å². The number of nitrogens with two attached hydrogens (primary N) is 1. The predicted octanol–water partition coefficient (Wildman–Crippen LogP) is 1.02. The first kappa shape index (κ1) is 17.8. The topological polar surface area (TPSA) is 66.6 Å². The van der Waals surface area contributed by atoms with Crippen molar-refractivity contribution in [2.24, 2.45) is 11.7 Å². The normalized spacial score (nSPS) is 11.8. The monoisotopic (exact) mass is 287 g/mol. The van der Waals surface area contributed by atoms with Crippen LogP contribution in [-0.2, 0) is 9.59 Å². The fraction of sp³-hybridized carbons (Fsp3) is 0.769. The van der Waals surface area contributed by atoms with Crippen LogP contribution < -0.4 is 5.73 Å². The minimum absolute atomic E-state index is 0.0564. The summed E-state index contributed by atoms with van der Waals surface area (Å²) in [6.45, 7) is 7.16. The van der Waals surface area contributed by atoms with E-state index in [-0.39, 0.29) is 23.3 Å². The van der Waals surface area contributed by atoms with Gasteiger partial charge >= 0.3 is 0 Å². The minimum atomic E-state index is -0.463. The number of thiocarbonyl (C=S) groups is 1. The van der Waals surface area contributed by atoms with Crippen LogP contribution in [0.25, 0.3) is 0 Å². The van der Waals surface area contributed by atoms with Crippen molar-refractivity contribution in [3.63, 3.8) is 0 Å². The van der Waals surface area contributed by atoms with E-state index >= 15 is 0 Å². The third-order valence-electron chi connectivity index (χ3n) is 3.08. The Hall–Kier alpha value is -1.17. The molecule has 0 aromatic carbocycles. The van der Waals surface area contributed by atoms with Crippen molar-refractivity contribution >= 4 is 29.0 Å². The van der Waals surface area contributed by atoms with Crippen molar-refractivity contribution in [3.05, 3.63) is 0 Å². The van der Waals surface area contributed by atoms with E-state index in [0.717, 1.165) is 6.42 Å². The van der Waals surface area contributed by atoms with E-state index in [1.54, 1.807) is 11.9 Å². The van der Waals surface area contributed by atoms with Crippen LogP contribution in [0.5, 0.6) is 0 Å². The molecular weight excluding hydrogens is 262 g/mol. The van der Waals surface area contributed by atoms with Gasteiger partial charge in [-0.05, 0) is 20.3 Å². The lowest BCUT2D eigenvalue weighted by molar-refractivity contribution is -0.140. The third kappa shape index (κ3) is 5.55. The zero-order chi connectivity index (χ0) is 15.0.